The molecule has 0 spiro atoms. The average molecular weight is 461 g/mol. The summed E-state index contributed by atoms with van der Waals surface area (Å²) in [6, 6.07) is 15.5. The molecule has 2 N–H and O–H groups in total. The number of aromatic nitrogens is 1. The summed E-state index contributed by atoms with van der Waals surface area (Å²) in [5, 5.41) is 15.0. The highest BCUT2D eigenvalue weighted by Gasteiger charge is 2.41. The van der Waals surface area contributed by atoms with Gasteiger partial charge >= 0.3 is 5.97 Å². The molecule has 2 aliphatic rings. The summed E-state index contributed by atoms with van der Waals surface area (Å²) < 4.78 is 2.58. The molecule has 0 radical (unpaired) electrons. The quantitative estimate of drug-likeness (QED) is 0.559. The van der Waals surface area contributed by atoms with Gasteiger partial charge in [-0.3, -0.25) is 9.36 Å². The minimum Gasteiger partial charge on any atom is -0.478 e. The van der Waals surface area contributed by atoms with E-state index in [2.05, 4.69) is 5.32 Å². The zero-order chi connectivity index (χ0) is 23.7. The molecule has 6 nitrogen and oxygen atoms in total. The van der Waals surface area contributed by atoms with Gasteiger partial charge in [0, 0.05) is 42.4 Å². The minimum atomic E-state index is -0.965. The van der Waals surface area contributed by atoms with E-state index in [9.17, 15) is 14.7 Å². The third-order valence-corrected chi connectivity index (χ3v) is 7.92. The van der Waals surface area contributed by atoms with Gasteiger partial charge in [-0.15, -0.1) is 0 Å². The smallest absolute Gasteiger partial charge is 0.338 e. The number of aryl methyl sites for hydroxylation is 1. The molecule has 1 aromatic heterocycles. The van der Waals surface area contributed by atoms with Gasteiger partial charge in [-0.05, 0) is 49.9 Å². The van der Waals surface area contributed by atoms with E-state index in [-0.39, 0.29) is 11.1 Å². The molecule has 2 aliphatic heterocycles. The molecule has 178 valence electrons. The number of rotatable bonds is 5. The van der Waals surface area contributed by atoms with Crippen molar-refractivity contribution in [2.45, 2.75) is 51.6 Å². The molecule has 3 aromatic rings. The number of carboxylic acids is 1. The Morgan fingerprint density at radius 3 is 2.41 bits per heavy atom. The van der Waals surface area contributed by atoms with Crippen LogP contribution in [0.3, 0.4) is 0 Å². The highest BCUT2D eigenvalue weighted by Crippen LogP contribution is 2.33. The van der Waals surface area contributed by atoms with E-state index in [1.807, 2.05) is 43.3 Å². The molecule has 2 saturated heterocycles. The van der Waals surface area contributed by atoms with Gasteiger partial charge in [0.15, 0.2) is 0 Å². The van der Waals surface area contributed by atoms with E-state index in [1.54, 1.807) is 16.7 Å². The molecule has 0 unspecified atom stereocenters. The first-order valence-electron chi connectivity index (χ1n) is 12.5. The first-order chi connectivity index (χ1) is 16.5. The Morgan fingerprint density at radius 1 is 1.03 bits per heavy atom. The number of aromatic carboxylic acids is 1. The summed E-state index contributed by atoms with van der Waals surface area (Å²) >= 11 is 0. The first-order valence-corrected chi connectivity index (χ1v) is 12.5. The molecular formula is C28H34N3O3+. The van der Waals surface area contributed by atoms with Crippen LogP contribution >= 0.6 is 0 Å². The molecule has 5 rings (SSSR count). The number of pyridine rings is 1. The molecule has 34 heavy (non-hydrogen) atoms. The maximum Gasteiger partial charge on any atom is 0.338 e. The molecule has 0 aliphatic carbocycles. The number of nitrogens with one attached hydrogen (secondary N) is 1. The highest BCUT2D eigenvalue weighted by molar-refractivity contribution is 6.04. The van der Waals surface area contributed by atoms with Crippen molar-refractivity contribution < 1.29 is 14.4 Å². The van der Waals surface area contributed by atoms with Gasteiger partial charge < -0.3 is 14.9 Å². The number of piperidine rings is 2. The fourth-order valence-electron chi connectivity index (χ4n) is 6.27. The van der Waals surface area contributed by atoms with Gasteiger partial charge in [-0.25, -0.2) is 4.79 Å². The van der Waals surface area contributed by atoms with Crippen molar-refractivity contribution in [1.82, 2.24) is 9.88 Å². The average Bonchev–Trinajstić information content (AvgIpc) is 2.85. The van der Waals surface area contributed by atoms with E-state index < -0.39 is 5.97 Å². The maximum absolute atomic E-state index is 13.9. The zero-order valence-corrected chi connectivity index (χ0v) is 19.9. The van der Waals surface area contributed by atoms with Crippen LogP contribution in [-0.4, -0.2) is 52.3 Å². The molecule has 0 amide bonds. The molecule has 0 bridgehead atoms. The number of quaternary nitrogens is 1. The van der Waals surface area contributed by atoms with Crippen molar-refractivity contribution in [2.24, 2.45) is 0 Å². The second-order valence-electron chi connectivity index (χ2n) is 10.0. The Kier molecular flexibility index (Phi) is 6.28. The predicted octanol–water partition coefficient (Wildman–Crippen LogP) is 4.25. The number of benzene rings is 2. The van der Waals surface area contributed by atoms with Crippen LogP contribution in [0.25, 0.3) is 16.5 Å². The molecule has 6 heteroatoms. The first kappa shape index (κ1) is 22.8. The van der Waals surface area contributed by atoms with Gasteiger partial charge in [0.25, 0.3) is 5.56 Å². The summed E-state index contributed by atoms with van der Waals surface area (Å²) in [4.78, 5) is 26.7. The van der Waals surface area contributed by atoms with Crippen LogP contribution in [0.2, 0.25) is 0 Å². The topological polar surface area (TPSA) is 71.3 Å². The van der Waals surface area contributed by atoms with Crippen LogP contribution in [0.15, 0.2) is 53.3 Å². The number of carbonyl (C=O) groups is 1. The predicted molar refractivity (Wildman–Crippen MR) is 135 cm³/mol. The summed E-state index contributed by atoms with van der Waals surface area (Å²) in [6.07, 6.45) is 5.69. The largest absolute Gasteiger partial charge is 0.478 e. The molecule has 0 saturated carbocycles. The van der Waals surface area contributed by atoms with Crippen molar-refractivity contribution in [3.63, 3.8) is 0 Å². The van der Waals surface area contributed by atoms with Crippen molar-refractivity contribution in [3.05, 3.63) is 75.7 Å². The van der Waals surface area contributed by atoms with Crippen molar-refractivity contribution in [3.8, 4) is 5.69 Å². The molecule has 3 heterocycles. The fraction of sp³-hybridized carbons (Fsp3) is 0.429. The summed E-state index contributed by atoms with van der Waals surface area (Å²) in [7, 11) is 0. The van der Waals surface area contributed by atoms with E-state index in [4.69, 9.17) is 0 Å². The summed E-state index contributed by atoms with van der Waals surface area (Å²) in [5.41, 5.74) is 2.56. The van der Waals surface area contributed by atoms with E-state index in [0.717, 1.165) is 67.6 Å². The standard InChI is InChI=1S/C28H33N3O3/c1-20-8-7-9-21(18-20)30-25(26(28(33)34)23-10-3-4-11-24(23)27(30)32)19-31(16-5-2-6-17-31)22-12-14-29-15-13-22/h3-4,7-11,18,22,29H,2,5-6,12-17,19H2,1H3/p+1. The third-order valence-electron chi connectivity index (χ3n) is 7.92. The van der Waals surface area contributed by atoms with Crippen molar-refractivity contribution in [1.29, 1.82) is 0 Å². The van der Waals surface area contributed by atoms with E-state index >= 15 is 0 Å². The molecular weight excluding hydrogens is 426 g/mol. The van der Waals surface area contributed by atoms with Crippen LogP contribution in [0.1, 0.15) is 53.7 Å². The van der Waals surface area contributed by atoms with Crippen LogP contribution in [0.4, 0.5) is 0 Å². The number of likely N-dealkylation sites (tertiary alicyclic amines) is 1. The molecule has 0 atom stereocenters. The lowest BCUT2D eigenvalue weighted by molar-refractivity contribution is -0.968. The normalized spacial score (nSPS) is 18.7. The fourth-order valence-corrected chi connectivity index (χ4v) is 6.27. The van der Waals surface area contributed by atoms with Gasteiger partial charge in [0.05, 0.1) is 30.4 Å². The van der Waals surface area contributed by atoms with Gasteiger partial charge in [-0.2, -0.15) is 0 Å². The molecule has 2 fully saturated rings. The second-order valence-corrected chi connectivity index (χ2v) is 10.0. The summed E-state index contributed by atoms with van der Waals surface area (Å²) in [5.74, 6) is -0.965. The monoisotopic (exact) mass is 460 g/mol. The SMILES string of the molecule is Cc1cccc(-n2c(C[N+]3(C4CCNCC4)CCCCC3)c(C(=O)O)c3ccccc3c2=O)c1. The number of hydrogen-bond donors (Lipinski definition) is 2. The Bertz CT molecular complexity index is 1270. The van der Waals surface area contributed by atoms with E-state index in [0.29, 0.717) is 29.1 Å². The second kappa shape index (κ2) is 9.35. The Morgan fingerprint density at radius 2 is 1.74 bits per heavy atom. The number of fused-ring (bicyclic) bond motifs is 1. The van der Waals surface area contributed by atoms with Gasteiger partial charge in [0.1, 0.15) is 6.54 Å². The van der Waals surface area contributed by atoms with Gasteiger partial charge in [0.2, 0.25) is 0 Å². The zero-order valence-electron chi connectivity index (χ0n) is 19.9. The third kappa shape index (κ3) is 4.05. The van der Waals surface area contributed by atoms with E-state index in [1.165, 1.54) is 6.42 Å². The Balaban J connectivity index is 1.79. The number of nitrogens with zero attached hydrogens (tertiary/aromatic N) is 2. The van der Waals surface area contributed by atoms with Gasteiger partial charge in [-0.1, -0.05) is 30.3 Å². The van der Waals surface area contributed by atoms with Crippen LogP contribution < -0.4 is 10.9 Å². The lowest BCUT2D eigenvalue weighted by Crippen LogP contribution is -2.60. The Hall–Kier alpha value is -2.96. The number of carboxylic acid groups (broad SMARTS) is 1. The van der Waals surface area contributed by atoms with Crippen molar-refractivity contribution in [2.75, 3.05) is 26.2 Å². The van der Waals surface area contributed by atoms with Crippen molar-refractivity contribution >= 4 is 16.7 Å². The lowest BCUT2D eigenvalue weighted by atomic mass is 9.94. The Labute approximate surface area is 200 Å². The maximum atomic E-state index is 13.9. The van der Waals surface area contributed by atoms with Crippen LogP contribution in [-0.2, 0) is 6.54 Å². The minimum absolute atomic E-state index is 0.137. The summed E-state index contributed by atoms with van der Waals surface area (Å²) in [6.45, 7) is 6.65. The van der Waals surface area contributed by atoms with Crippen LogP contribution in [0.5, 0.6) is 0 Å². The highest BCUT2D eigenvalue weighted by atomic mass is 16.4. The molecule has 2 aromatic carbocycles. The lowest BCUT2D eigenvalue weighted by Gasteiger charge is -2.49. The number of hydrogen-bond acceptors (Lipinski definition) is 3. The van der Waals surface area contributed by atoms with Crippen LogP contribution in [0, 0.1) is 6.92 Å².